The Kier molecular flexibility index (Phi) is 7.50. The van der Waals surface area contributed by atoms with E-state index >= 15 is 0 Å². The van der Waals surface area contributed by atoms with Gasteiger partial charge in [0, 0.05) is 31.6 Å². The molecule has 0 aliphatic carbocycles. The number of carbonyl (C=O) groups excluding carboxylic acids is 4. The molecule has 14 heteroatoms. The van der Waals surface area contributed by atoms with Gasteiger partial charge < -0.3 is 20.9 Å². The Balaban J connectivity index is 2.39. The molecule has 1 fully saturated rings. The first-order valence-electron chi connectivity index (χ1n) is 8.91. The van der Waals surface area contributed by atoms with E-state index in [0.29, 0.717) is 0 Å². The van der Waals surface area contributed by atoms with Crippen LogP contribution in [0, 0.1) is 10.1 Å². The molecule has 1 heterocycles. The standard InChI is InChI=1S/C17H18F3N5O6/c18-17(19,20)16(29)24-9-14(27)23-8-13(26)21-5-6-22-15(28)12(24)7-10-1-3-11(4-2-10)25(30)31/h1-4,12H,5-9H2,(H,21,26)(H,22,28)(H,23,27). The highest BCUT2D eigenvalue weighted by Crippen LogP contribution is 2.22. The number of benzene rings is 1. The minimum Gasteiger partial charge on any atom is -0.353 e. The van der Waals surface area contributed by atoms with Gasteiger partial charge in [-0.2, -0.15) is 13.2 Å². The number of halogens is 3. The van der Waals surface area contributed by atoms with Crippen molar-refractivity contribution in [3.63, 3.8) is 0 Å². The van der Waals surface area contributed by atoms with Crippen molar-refractivity contribution in [3.05, 3.63) is 39.9 Å². The third-order valence-corrected chi connectivity index (χ3v) is 4.26. The van der Waals surface area contributed by atoms with Crippen LogP contribution < -0.4 is 16.0 Å². The second-order valence-corrected chi connectivity index (χ2v) is 6.49. The van der Waals surface area contributed by atoms with Gasteiger partial charge in [-0.25, -0.2) is 0 Å². The van der Waals surface area contributed by atoms with E-state index in [1.54, 1.807) is 0 Å². The van der Waals surface area contributed by atoms with Gasteiger partial charge in [0.1, 0.15) is 12.6 Å². The van der Waals surface area contributed by atoms with Gasteiger partial charge in [-0.1, -0.05) is 12.1 Å². The number of rotatable bonds is 3. The zero-order valence-corrected chi connectivity index (χ0v) is 15.9. The number of amides is 4. The van der Waals surface area contributed by atoms with Crippen LogP contribution in [0.5, 0.6) is 0 Å². The summed E-state index contributed by atoms with van der Waals surface area (Å²) in [7, 11) is 0. The van der Waals surface area contributed by atoms with Gasteiger partial charge in [0.2, 0.25) is 17.7 Å². The van der Waals surface area contributed by atoms with E-state index in [2.05, 4.69) is 16.0 Å². The second-order valence-electron chi connectivity index (χ2n) is 6.49. The largest absolute Gasteiger partial charge is 0.471 e. The summed E-state index contributed by atoms with van der Waals surface area (Å²) < 4.78 is 39.5. The van der Waals surface area contributed by atoms with Crippen molar-refractivity contribution < 1.29 is 37.3 Å². The molecule has 1 aromatic rings. The van der Waals surface area contributed by atoms with Gasteiger partial charge in [0.15, 0.2) is 0 Å². The number of non-ortho nitro benzene ring substituents is 1. The Labute approximate surface area is 173 Å². The maximum absolute atomic E-state index is 13.2. The predicted molar refractivity (Wildman–Crippen MR) is 97.4 cm³/mol. The number of nitro benzene ring substituents is 1. The number of hydrogen-bond donors (Lipinski definition) is 3. The molecular formula is C17H18F3N5O6. The van der Waals surface area contributed by atoms with Gasteiger partial charge in [0.25, 0.3) is 5.69 Å². The molecule has 1 aliphatic heterocycles. The molecule has 1 aliphatic rings. The summed E-state index contributed by atoms with van der Waals surface area (Å²) in [5.74, 6) is -5.10. The van der Waals surface area contributed by atoms with Crippen LogP contribution in [-0.4, -0.2) is 71.8 Å². The SMILES string of the molecule is O=C1CNC(=O)CN(C(=O)C(F)(F)F)C(Cc2ccc([N+](=O)[O-])cc2)C(=O)NCCN1. The molecule has 1 saturated heterocycles. The average Bonchev–Trinajstić information content (AvgIpc) is 2.70. The van der Waals surface area contributed by atoms with Crippen molar-refractivity contribution in [1.82, 2.24) is 20.9 Å². The van der Waals surface area contributed by atoms with Crippen molar-refractivity contribution >= 4 is 29.3 Å². The summed E-state index contributed by atoms with van der Waals surface area (Å²) in [4.78, 5) is 58.4. The third kappa shape index (κ3) is 6.65. The second kappa shape index (κ2) is 9.86. The van der Waals surface area contributed by atoms with E-state index in [4.69, 9.17) is 0 Å². The van der Waals surface area contributed by atoms with Crippen LogP contribution in [0.25, 0.3) is 0 Å². The van der Waals surface area contributed by atoms with E-state index in [0.717, 1.165) is 12.1 Å². The van der Waals surface area contributed by atoms with Crippen molar-refractivity contribution in [1.29, 1.82) is 0 Å². The lowest BCUT2D eigenvalue weighted by molar-refractivity contribution is -0.384. The molecule has 1 unspecified atom stereocenters. The normalized spacial score (nSPS) is 18.7. The topological polar surface area (TPSA) is 151 Å². The molecule has 0 aromatic heterocycles. The summed E-state index contributed by atoms with van der Waals surface area (Å²) in [6.45, 7) is -1.84. The molecule has 2 rings (SSSR count). The fourth-order valence-electron chi connectivity index (χ4n) is 2.77. The summed E-state index contributed by atoms with van der Waals surface area (Å²) in [6, 6.07) is 2.93. The fourth-order valence-corrected chi connectivity index (χ4v) is 2.77. The maximum atomic E-state index is 13.2. The molecule has 0 spiro atoms. The smallest absolute Gasteiger partial charge is 0.353 e. The zero-order chi connectivity index (χ0) is 23.2. The number of nitrogens with one attached hydrogen (secondary N) is 3. The van der Waals surface area contributed by atoms with Crippen molar-refractivity contribution in [2.24, 2.45) is 0 Å². The van der Waals surface area contributed by atoms with Gasteiger partial charge >= 0.3 is 12.1 Å². The van der Waals surface area contributed by atoms with Crippen molar-refractivity contribution in [2.75, 3.05) is 26.2 Å². The predicted octanol–water partition coefficient (Wildman–Crippen LogP) is -0.741. The first kappa shape index (κ1) is 23.6. The Morgan fingerprint density at radius 2 is 1.68 bits per heavy atom. The number of nitro groups is 1. The van der Waals surface area contributed by atoms with Gasteiger partial charge in [-0.05, 0) is 5.56 Å². The van der Waals surface area contributed by atoms with E-state index < -0.39 is 60.3 Å². The van der Waals surface area contributed by atoms with E-state index in [1.807, 2.05) is 0 Å². The van der Waals surface area contributed by atoms with Crippen LogP contribution in [0.4, 0.5) is 18.9 Å². The Hall–Kier alpha value is -3.71. The monoisotopic (exact) mass is 445 g/mol. The van der Waals surface area contributed by atoms with Crippen LogP contribution in [0.2, 0.25) is 0 Å². The van der Waals surface area contributed by atoms with Gasteiger partial charge in [-0.15, -0.1) is 0 Å². The highest BCUT2D eigenvalue weighted by molar-refractivity contribution is 5.94. The summed E-state index contributed by atoms with van der Waals surface area (Å²) in [5, 5.41) is 17.6. The lowest BCUT2D eigenvalue weighted by Crippen LogP contribution is -2.58. The summed E-state index contributed by atoms with van der Waals surface area (Å²) in [6.07, 6.45) is -5.81. The highest BCUT2D eigenvalue weighted by atomic mass is 19.4. The zero-order valence-electron chi connectivity index (χ0n) is 15.9. The molecule has 0 radical (unpaired) electrons. The number of nitrogens with zero attached hydrogens (tertiary/aromatic N) is 2. The molecule has 0 saturated carbocycles. The van der Waals surface area contributed by atoms with Crippen molar-refractivity contribution in [3.8, 4) is 0 Å². The van der Waals surface area contributed by atoms with Crippen molar-refractivity contribution in [2.45, 2.75) is 18.6 Å². The van der Waals surface area contributed by atoms with Crippen LogP contribution in [0.1, 0.15) is 5.56 Å². The lowest BCUT2D eigenvalue weighted by Gasteiger charge is -2.31. The van der Waals surface area contributed by atoms with E-state index in [9.17, 15) is 42.5 Å². The Morgan fingerprint density at radius 1 is 1.06 bits per heavy atom. The average molecular weight is 445 g/mol. The molecular weight excluding hydrogens is 427 g/mol. The third-order valence-electron chi connectivity index (χ3n) is 4.26. The quantitative estimate of drug-likeness (QED) is 0.412. The molecule has 3 N–H and O–H groups in total. The summed E-state index contributed by atoms with van der Waals surface area (Å²) >= 11 is 0. The number of hydrogen-bond acceptors (Lipinski definition) is 6. The number of alkyl halides is 3. The fraction of sp³-hybridized carbons (Fsp3) is 0.412. The molecule has 31 heavy (non-hydrogen) atoms. The molecule has 1 atom stereocenters. The highest BCUT2D eigenvalue weighted by Gasteiger charge is 2.46. The van der Waals surface area contributed by atoms with E-state index in [1.165, 1.54) is 12.1 Å². The Morgan fingerprint density at radius 3 is 2.26 bits per heavy atom. The minimum absolute atomic E-state index is 0.0576. The van der Waals surface area contributed by atoms with Crippen LogP contribution in [-0.2, 0) is 25.6 Å². The molecule has 0 bridgehead atoms. The molecule has 4 amide bonds. The van der Waals surface area contributed by atoms with Crippen LogP contribution in [0.3, 0.4) is 0 Å². The lowest BCUT2D eigenvalue weighted by atomic mass is 10.0. The molecule has 1 aromatic carbocycles. The van der Waals surface area contributed by atoms with E-state index in [-0.39, 0.29) is 29.2 Å². The molecule has 11 nitrogen and oxygen atoms in total. The first-order chi connectivity index (χ1) is 14.5. The molecule has 168 valence electrons. The van der Waals surface area contributed by atoms with Crippen LogP contribution in [0.15, 0.2) is 24.3 Å². The number of carbonyl (C=O) groups is 4. The van der Waals surface area contributed by atoms with Crippen LogP contribution >= 0.6 is 0 Å². The van der Waals surface area contributed by atoms with Gasteiger partial charge in [-0.3, -0.25) is 29.3 Å². The first-order valence-corrected chi connectivity index (χ1v) is 8.91. The Bertz CT molecular complexity index is 874. The maximum Gasteiger partial charge on any atom is 0.471 e. The minimum atomic E-state index is -5.37. The summed E-state index contributed by atoms with van der Waals surface area (Å²) in [5.41, 5.74) is -0.0447. The van der Waals surface area contributed by atoms with Gasteiger partial charge in [0.05, 0.1) is 11.5 Å².